The summed E-state index contributed by atoms with van der Waals surface area (Å²) in [4.78, 5) is 2.53. The summed E-state index contributed by atoms with van der Waals surface area (Å²) in [6.45, 7) is 2.08. The van der Waals surface area contributed by atoms with Gasteiger partial charge in [0, 0.05) is 25.0 Å². The summed E-state index contributed by atoms with van der Waals surface area (Å²) >= 11 is 0. The minimum atomic E-state index is -0.543. The van der Waals surface area contributed by atoms with Gasteiger partial charge in [0.15, 0.2) is 11.5 Å². The van der Waals surface area contributed by atoms with Crippen LogP contribution in [0.25, 0.3) is 6.08 Å². The second-order valence-corrected chi connectivity index (χ2v) is 8.57. The van der Waals surface area contributed by atoms with Gasteiger partial charge in [-0.3, -0.25) is 4.90 Å². The van der Waals surface area contributed by atoms with E-state index in [1.807, 2.05) is 12.1 Å². The van der Waals surface area contributed by atoms with E-state index in [-0.39, 0.29) is 12.0 Å². The van der Waals surface area contributed by atoms with Crippen LogP contribution in [0.2, 0.25) is 0 Å². The first-order valence-electron chi connectivity index (χ1n) is 10.8. The highest BCUT2D eigenvalue weighted by atomic mass is 16.7. The molecule has 0 bridgehead atoms. The Balaban J connectivity index is 1.43. The van der Waals surface area contributed by atoms with Gasteiger partial charge in [0.2, 0.25) is 6.79 Å². The quantitative estimate of drug-likeness (QED) is 0.813. The fourth-order valence-corrected chi connectivity index (χ4v) is 5.38. The number of hydrogen-bond acceptors (Lipinski definition) is 4. The van der Waals surface area contributed by atoms with Crippen molar-refractivity contribution >= 4 is 6.08 Å². The normalized spacial score (nSPS) is 29.1. The summed E-state index contributed by atoms with van der Waals surface area (Å²) in [5, 5.41) is 11.4. The van der Waals surface area contributed by atoms with Crippen molar-refractivity contribution in [3.8, 4) is 11.5 Å². The number of piperidine rings is 1. The molecular formula is C25H29NO3. The standard InChI is InChI=1S/C25H29NO3/c27-25-13-5-4-10-21(25)24(20-11-12-22-23(17-20)29-18-28-22)26(16-14-25)15-6-9-19-7-2-1-3-8-19/h1-3,6-9,11-12,17,21,24,27H,4-5,10,13-16,18H2/b9-6+/t21-,24-,25-/m1/s1. The highest BCUT2D eigenvalue weighted by Crippen LogP contribution is 2.50. The molecule has 5 rings (SSSR count). The Morgan fingerprint density at radius 2 is 1.90 bits per heavy atom. The summed E-state index contributed by atoms with van der Waals surface area (Å²) < 4.78 is 11.2. The third-order valence-corrected chi connectivity index (χ3v) is 6.86. The molecule has 0 spiro atoms. The third kappa shape index (κ3) is 3.67. The molecule has 4 heteroatoms. The van der Waals surface area contributed by atoms with Gasteiger partial charge in [-0.15, -0.1) is 0 Å². The van der Waals surface area contributed by atoms with Gasteiger partial charge in [-0.1, -0.05) is 61.4 Å². The molecule has 0 radical (unpaired) electrons. The SMILES string of the molecule is O[C@@]12CCCC[C@@H]1[C@@H](c1ccc3c(c1)OCO3)N(C/C=C/c1ccccc1)CC2. The monoisotopic (exact) mass is 391 g/mol. The van der Waals surface area contributed by atoms with E-state index in [0.29, 0.717) is 6.79 Å². The zero-order valence-corrected chi connectivity index (χ0v) is 16.8. The van der Waals surface area contributed by atoms with Crippen molar-refractivity contribution in [2.24, 2.45) is 5.92 Å². The summed E-state index contributed by atoms with van der Waals surface area (Å²) in [6.07, 6.45) is 9.64. The van der Waals surface area contributed by atoms with E-state index in [4.69, 9.17) is 9.47 Å². The summed E-state index contributed by atoms with van der Waals surface area (Å²) in [7, 11) is 0. The summed E-state index contributed by atoms with van der Waals surface area (Å²) in [6, 6.07) is 16.9. The lowest BCUT2D eigenvalue weighted by molar-refractivity contribution is -0.122. The number of likely N-dealkylation sites (tertiary alicyclic amines) is 1. The molecule has 1 saturated heterocycles. The largest absolute Gasteiger partial charge is 0.454 e. The van der Waals surface area contributed by atoms with E-state index in [2.05, 4.69) is 53.5 Å². The highest BCUT2D eigenvalue weighted by Gasteiger charge is 2.48. The number of nitrogens with zero attached hydrogens (tertiary/aromatic N) is 1. The lowest BCUT2D eigenvalue weighted by atomic mass is 9.66. The molecule has 2 fully saturated rings. The van der Waals surface area contributed by atoms with Crippen LogP contribution in [0.5, 0.6) is 11.5 Å². The van der Waals surface area contributed by atoms with Gasteiger partial charge in [-0.25, -0.2) is 0 Å². The van der Waals surface area contributed by atoms with Crippen LogP contribution in [-0.2, 0) is 0 Å². The van der Waals surface area contributed by atoms with Gasteiger partial charge < -0.3 is 14.6 Å². The minimum absolute atomic E-state index is 0.198. The molecule has 0 amide bonds. The van der Waals surface area contributed by atoms with Crippen LogP contribution >= 0.6 is 0 Å². The lowest BCUT2D eigenvalue weighted by Crippen LogP contribution is -2.54. The zero-order chi connectivity index (χ0) is 19.7. The van der Waals surface area contributed by atoms with E-state index in [0.717, 1.165) is 50.3 Å². The maximum atomic E-state index is 11.4. The minimum Gasteiger partial charge on any atom is -0.454 e. The maximum Gasteiger partial charge on any atom is 0.231 e. The predicted octanol–water partition coefficient (Wildman–Crippen LogP) is 4.80. The van der Waals surface area contributed by atoms with Crippen LogP contribution in [0.15, 0.2) is 54.6 Å². The Morgan fingerprint density at radius 1 is 1.03 bits per heavy atom. The van der Waals surface area contributed by atoms with Crippen LogP contribution in [-0.4, -0.2) is 35.5 Å². The molecule has 2 aliphatic heterocycles. The third-order valence-electron chi connectivity index (χ3n) is 6.86. The highest BCUT2D eigenvalue weighted by molar-refractivity contribution is 5.49. The smallest absolute Gasteiger partial charge is 0.231 e. The van der Waals surface area contributed by atoms with Crippen LogP contribution in [0.1, 0.15) is 49.3 Å². The van der Waals surface area contributed by atoms with Gasteiger partial charge in [-0.2, -0.15) is 0 Å². The van der Waals surface area contributed by atoms with Crippen molar-refractivity contribution in [2.75, 3.05) is 19.9 Å². The first-order chi connectivity index (χ1) is 14.2. The van der Waals surface area contributed by atoms with E-state index in [1.165, 1.54) is 17.5 Å². The number of rotatable bonds is 4. The fraction of sp³-hybridized carbons (Fsp3) is 0.440. The number of hydrogen-bond donors (Lipinski definition) is 1. The molecule has 4 nitrogen and oxygen atoms in total. The summed E-state index contributed by atoms with van der Waals surface area (Å²) in [5.41, 5.74) is 1.91. The topological polar surface area (TPSA) is 41.9 Å². The predicted molar refractivity (Wildman–Crippen MR) is 114 cm³/mol. The Labute approximate surface area is 172 Å². The molecular weight excluding hydrogens is 362 g/mol. The maximum absolute atomic E-state index is 11.4. The van der Waals surface area contributed by atoms with Crippen molar-refractivity contribution in [2.45, 2.75) is 43.7 Å². The number of ether oxygens (including phenoxy) is 2. The van der Waals surface area contributed by atoms with Crippen LogP contribution < -0.4 is 9.47 Å². The molecule has 3 aliphatic rings. The van der Waals surface area contributed by atoms with Gasteiger partial charge in [0.05, 0.1) is 5.60 Å². The molecule has 0 aromatic heterocycles. The molecule has 0 unspecified atom stereocenters. The molecule has 2 heterocycles. The zero-order valence-electron chi connectivity index (χ0n) is 16.8. The van der Waals surface area contributed by atoms with Crippen molar-refractivity contribution < 1.29 is 14.6 Å². The van der Waals surface area contributed by atoms with Gasteiger partial charge >= 0.3 is 0 Å². The molecule has 1 aliphatic carbocycles. The lowest BCUT2D eigenvalue weighted by Gasteiger charge is -2.52. The van der Waals surface area contributed by atoms with E-state index < -0.39 is 5.60 Å². The van der Waals surface area contributed by atoms with Gasteiger partial charge in [0.25, 0.3) is 0 Å². The average molecular weight is 392 g/mol. The van der Waals surface area contributed by atoms with Crippen molar-refractivity contribution in [1.82, 2.24) is 4.90 Å². The van der Waals surface area contributed by atoms with Crippen LogP contribution in [0.3, 0.4) is 0 Å². The first-order valence-corrected chi connectivity index (χ1v) is 10.8. The molecule has 3 atom stereocenters. The van der Waals surface area contributed by atoms with Gasteiger partial charge in [0.1, 0.15) is 0 Å². The number of aliphatic hydroxyl groups is 1. The Bertz CT molecular complexity index is 881. The van der Waals surface area contributed by atoms with E-state index in [9.17, 15) is 5.11 Å². The molecule has 1 saturated carbocycles. The Morgan fingerprint density at radius 3 is 2.79 bits per heavy atom. The fourth-order valence-electron chi connectivity index (χ4n) is 5.38. The van der Waals surface area contributed by atoms with Crippen molar-refractivity contribution in [3.05, 3.63) is 65.7 Å². The average Bonchev–Trinajstić information content (AvgIpc) is 3.22. The van der Waals surface area contributed by atoms with Gasteiger partial charge in [-0.05, 0) is 42.5 Å². The van der Waals surface area contributed by atoms with E-state index >= 15 is 0 Å². The molecule has 1 N–H and O–H groups in total. The number of benzene rings is 2. The van der Waals surface area contributed by atoms with Crippen molar-refractivity contribution in [3.63, 3.8) is 0 Å². The van der Waals surface area contributed by atoms with E-state index in [1.54, 1.807) is 0 Å². The summed E-state index contributed by atoms with van der Waals surface area (Å²) in [5.74, 6) is 1.90. The second-order valence-electron chi connectivity index (χ2n) is 8.57. The first kappa shape index (κ1) is 18.7. The molecule has 2 aromatic carbocycles. The van der Waals surface area contributed by atoms with Crippen molar-refractivity contribution in [1.29, 1.82) is 0 Å². The number of fused-ring (bicyclic) bond motifs is 2. The second kappa shape index (κ2) is 7.85. The Hall–Kier alpha value is -2.30. The Kier molecular flexibility index (Phi) is 5.06. The molecule has 152 valence electrons. The molecule has 2 aromatic rings. The molecule has 29 heavy (non-hydrogen) atoms. The van der Waals surface area contributed by atoms with Crippen LogP contribution in [0, 0.1) is 5.92 Å². The van der Waals surface area contributed by atoms with Crippen LogP contribution in [0.4, 0.5) is 0 Å².